The molecule has 1 saturated carbocycles. The van der Waals surface area contributed by atoms with Crippen LogP contribution in [0.3, 0.4) is 0 Å². The average Bonchev–Trinajstić information content (AvgIpc) is 3.52. The maximum atomic E-state index is 14.9. The van der Waals surface area contributed by atoms with E-state index < -0.39 is 74.9 Å². The van der Waals surface area contributed by atoms with E-state index in [1.54, 1.807) is 46.1 Å². The van der Waals surface area contributed by atoms with Gasteiger partial charge in [0.1, 0.15) is 47.0 Å². The summed E-state index contributed by atoms with van der Waals surface area (Å²) in [6, 6.07) is 2.89. The van der Waals surface area contributed by atoms with Gasteiger partial charge in [0.25, 0.3) is 5.91 Å². The van der Waals surface area contributed by atoms with Crippen LogP contribution in [-0.2, 0) is 29.2 Å². The number of carboxylic acids is 1. The first kappa shape index (κ1) is 46.7. The molecule has 348 valence electrons. The fourth-order valence-electron chi connectivity index (χ4n) is 8.98. The van der Waals surface area contributed by atoms with Crippen LogP contribution < -0.4 is 30.7 Å². The second kappa shape index (κ2) is 18.7. The molecule has 2 aromatic heterocycles. The van der Waals surface area contributed by atoms with Gasteiger partial charge < -0.3 is 40.7 Å². The van der Waals surface area contributed by atoms with Gasteiger partial charge in [0.2, 0.25) is 21.8 Å². The van der Waals surface area contributed by atoms with Crippen molar-refractivity contribution in [3.8, 4) is 22.9 Å². The van der Waals surface area contributed by atoms with E-state index in [9.17, 15) is 37.5 Å². The van der Waals surface area contributed by atoms with Gasteiger partial charge in [-0.25, -0.2) is 32.3 Å². The molecule has 1 aromatic carbocycles. The van der Waals surface area contributed by atoms with E-state index in [4.69, 9.17) is 19.4 Å². The van der Waals surface area contributed by atoms with Gasteiger partial charge >= 0.3 is 12.0 Å². The first-order valence-electron chi connectivity index (χ1n) is 22.1. The molecule has 1 aliphatic carbocycles. The van der Waals surface area contributed by atoms with Crippen molar-refractivity contribution in [2.75, 3.05) is 31.3 Å². The number of hydrogen-bond acceptors (Lipinski definition) is 13. The number of rotatable bonds is 10. The molecule has 5 amide bonds. The number of sulfonamides is 1. The molecule has 18 nitrogen and oxygen atoms in total. The number of fused-ring (bicyclic) bond motifs is 3. The number of benzene rings is 1. The molecular formula is C44H60N8O10S2. The van der Waals surface area contributed by atoms with E-state index >= 15 is 0 Å². The number of carbonyl (C=O) groups is 5. The fraction of sp³-hybridized carbons (Fsp3) is 0.614. The molecule has 3 aliphatic heterocycles. The van der Waals surface area contributed by atoms with Crippen LogP contribution in [0.5, 0.6) is 11.5 Å². The number of carboxylic acid groups (broad SMARTS) is 1. The smallest absolute Gasteiger partial charge is 0.329 e. The minimum atomic E-state index is -3.83. The molecule has 0 spiro atoms. The van der Waals surface area contributed by atoms with Gasteiger partial charge in [-0.05, 0) is 63.0 Å². The molecule has 5 heterocycles. The summed E-state index contributed by atoms with van der Waals surface area (Å²) in [5.41, 5.74) is -0.660. The van der Waals surface area contributed by atoms with E-state index in [0.29, 0.717) is 46.6 Å². The van der Waals surface area contributed by atoms with Crippen molar-refractivity contribution in [3.63, 3.8) is 0 Å². The number of methoxy groups -OCH3 is 1. The van der Waals surface area contributed by atoms with Gasteiger partial charge in [0.05, 0.1) is 30.6 Å². The summed E-state index contributed by atoms with van der Waals surface area (Å²) >= 11 is 1.44. The molecular weight excluding hydrogens is 865 g/mol. The fourth-order valence-corrected chi connectivity index (χ4v) is 11.3. The maximum absolute atomic E-state index is 14.9. The number of ether oxygens (including phenoxy) is 2. The quantitative estimate of drug-likeness (QED) is 0.183. The van der Waals surface area contributed by atoms with Crippen LogP contribution in [0.15, 0.2) is 29.6 Å². The number of carbonyl (C=O) groups excluding carboxylic acids is 4. The molecule has 1 unspecified atom stereocenters. The third-order valence-corrected chi connectivity index (χ3v) is 15.1. The Morgan fingerprint density at radius 3 is 2.42 bits per heavy atom. The zero-order valence-corrected chi connectivity index (χ0v) is 38.9. The molecule has 3 aromatic rings. The highest BCUT2D eigenvalue weighted by molar-refractivity contribution is 7.89. The van der Waals surface area contributed by atoms with Crippen LogP contribution in [0.4, 0.5) is 9.93 Å². The Kier molecular flexibility index (Phi) is 13.7. The van der Waals surface area contributed by atoms with Crippen LogP contribution in [0.2, 0.25) is 0 Å². The lowest BCUT2D eigenvalue weighted by Gasteiger charge is -2.34. The largest absolute Gasteiger partial charge is 0.497 e. The van der Waals surface area contributed by atoms with Crippen molar-refractivity contribution in [2.45, 2.75) is 135 Å². The summed E-state index contributed by atoms with van der Waals surface area (Å²) in [6.07, 6.45) is 4.40. The van der Waals surface area contributed by atoms with Crippen molar-refractivity contribution in [3.05, 3.63) is 29.6 Å². The second-order valence-corrected chi connectivity index (χ2v) is 21.6. The van der Waals surface area contributed by atoms with E-state index in [0.717, 1.165) is 35.1 Å². The Hall–Kier alpha value is -5.24. The van der Waals surface area contributed by atoms with Gasteiger partial charge in [-0.15, -0.1) is 11.3 Å². The highest BCUT2D eigenvalue weighted by atomic mass is 32.2. The summed E-state index contributed by atoms with van der Waals surface area (Å²) in [5, 5.41) is 25.2. The van der Waals surface area contributed by atoms with E-state index in [2.05, 4.69) is 21.3 Å². The molecule has 7 rings (SSSR count). The molecule has 0 radical (unpaired) electrons. The third kappa shape index (κ3) is 10.2. The summed E-state index contributed by atoms with van der Waals surface area (Å²) in [6.45, 7) is 9.09. The molecule has 0 bridgehead atoms. The van der Waals surface area contributed by atoms with Crippen molar-refractivity contribution in [2.24, 2.45) is 11.3 Å². The second-order valence-electron chi connectivity index (χ2n) is 18.8. The number of hydrogen-bond donors (Lipinski definition) is 5. The zero-order valence-electron chi connectivity index (χ0n) is 37.3. The third-order valence-electron chi connectivity index (χ3n) is 12.5. The Morgan fingerprint density at radius 2 is 1.75 bits per heavy atom. The number of anilines is 1. The minimum absolute atomic E-state index is 0.0100. The molecule has 20 heteroatoms. The Bertz CT molecular complexity index is 2390. The number of urea groups is 1. The predicted molar refractivity (Wildman–Crippen MR) is 240 cm³/mol. The van der Waals surface area contributed by atoms with Crippen molar-refractivity contribution in [1.82, 2.24) is 35.1 Å². The first-order chi connectivity index (χ1) is 30.3. The standard InChI is InChI=1S/C44H60N8O10S2/c1-25(2)45-42-48-33(24-63-42)32-21-35(29-16-15-27(61-6)19-31(29)46-32)62-28-20-34-37(53)50-44(40(56)57)22-26(44)13-10-8-7-9-11-14-30(38(54)51(34)23-28)47-41(58)49-36(43(3,4)5)39(55)52-17-12-18-64(52,59)60/h15-16,19,21,24-26,28,30,34,36H,7-14,17-18,20,22-23H2,1-6H3,(H,45,48)(H,50,53)(H,56,57)(H2,47,49,58)/t26?,28-,30+,34+,36-,44-/m1/s1. The molecule has 4 aliphatic rings. The summed E-state index contributed by atoms with van der Waals surface area (Å²) in [4.78, 5) is 80.6. The SMILES string of the molecule is COc1ccc2c(O[C@@H]3C[C@H]4C(=O)N[C@]5(C(=O)O)CC5CCCCCCC[C@H](NC(=O)N[C@H](C(=O)N5CCCS5(=O)=O)C(C)(C)C)C(=O)N4C3)cc(-c3csc(NC(C)C)n3)nc2c1. The maximum Gasteiger partial charge on any atom is 0.329 e. The lowest BCUT2D eigenvalue weighted by molar-refractivity contribution is -0.145. The number of nitrogens with zero attached hydrogens (tertiary/aromatic N) is 4. The molecule has 64 heavy (non-hydrogen) atoms. The van der Waals surface area contributed by atoms with Gasteiger partial charge in [-0.1, -0.05) is 52.9 Å². The lowest BCUT2D eigenvalue weighted by Crippen LogP contribution is -2.60. The molecule has 4 fully saturated rings. The van der Waals surface area contributed by atoms with Crippen molar-refractivity contribution >= 4 is 67.1 Å². The Balaban J connectivity index is 1.20. The topological polar surface area (TPSA) is 239 Å². The minimum Gasteiger partial charge on any atom is -0.497 e. The normalized spacial score (nSPS) is 25.6. The highest BCUT2D eigenvalue weighted by Crippen LogP contribution is 2.48. The molecule has 6 atom stereocenters. The molecule has 5 N–H and O–H groups in total. The summed E-state index contributed by atoms with van der Waals surface area (Å²) < 4.78 is 38.5. The number of nitrogens with one attached hydrogen (secondary N) is 4. The predicted octanol–water partition coefficient (Wildman–Crippen LogP) is 4.88. The van der Waals surface area contributed by atoms with Crippen LogP contribution >= 0.6 is 11.3 Å². The van der Waals surface area contributed by atoms with E-state index in [1.807, 2.05) is 25.3 Å². The van der Waals surface area contributed by atoms with Crippen molar-refractivity contribution < 1.29 is 47.0 Å². The lowest BCUT2D eigenvalue weighted by atomic mass is 9.86. The van der Waals surface area contributed by atoms with Crippen LogP contribution in [0.1, 0.15) is 98.8 Å². The average molecular weight is 925 g/mol. The number of amides is 5. The Labute approximate surface area is 377 Å². The van der Waals surface area contributed by atoms with Gasteiger partial charge in [0.15, 0.2) is 5.13 Å². The number of thiazole rings is 1. The van der Waals surface area contributed by atoms with Crippen LogP contribution in [0, 0.1) is 11.3 Å². The number of pyridine rings is 1. The van der Waals surface area contributed by atoms with Gasteiger partial charge in [-0.2, -0.15) is 0 Å². The molecule has 3 saturated heterocycles. The van der Waals surface area contributed by atoms with E-state index in [-0.39, 0.29) is 56.5 Å². The van der Waals surface area contributed by atoms with Crippen LogP contribution in [0.25, 0.3) is 22.3 Å². The monoisotopic (exact) mass is 924 g/mol. The zero-order chi connectivity index (χ0) is 46.1. The van der Waals surface area contributed by atoms with Crippen molar-refractivity contribution in [1.29, 1.82) is 0 Å². The highest BCUT2D eigenvalue weighted by Gasteiger charge is 2.62. The number of aromatic nitrogens is 2. The van der Waals surface area contributed by atoms with Gasteiger partial charge in [-0.3, -0.25) is 14.4 Å². The summed E-state index contributed by atoms with van der Waals surface area (Å²) in [7, 11) is -2.28. The number of aliphatic carboxylic acids is 1. The van der Waals surface area contributed by atoms with Gasteiger partial charge in [0, 0.05) is 41.9 Å². The summed E-state index contributed by atoms with van der Waals surface area (Å²) in [5.74, 6) is -2.52. The van der Waals surface area contributed by atoms with Crippen LogP contribution in [-0.4, -0.2) is 124 Å². The Morgan fingerprint density at radius 1 is 1.02 bits per heavy atom. The van der Waals surface area contributed by atoms with E-state index in [1.165, 1.54) is 16.2 Å². The first-order valence-corrected chi connectivity index (χ1v) is 24.6.